The molecule has 0 saturated carbocycles. The number of esters is 1. The highest BCUT2D eigenvalue weighted by molar-refractivity contribution is 5.72. The fraction of sp³-hybridized carbons (Fsp3) is 0.938. The van der Waals surface area contributed by atoms with Crippen LogP contribution in [-0.4, -0.2) is 36.1 Å². The fourth-order valence-corrected chi connectivity index (χ4v) is 2.94. The van der Waals surface area contributed by atoms with Crippen LogP contribution in [0.1, 0.15) is 72.1 Å². The van der Waals surface area contributed by atoms with Crippen molar-refractivity contribution in [1.82, 2.24) is 4.90 Å². The van der Waals surface area contributed by atoms with Gasteiger partial charge in [0.15, 0.2) is 0 Å². The molecule has 0 N–H and O–H groups in total. The first-order valence-electron chi connectivity index (χ1n) is 8.03. The molecule has 19 heavy (non-hydrogen) atoms. The summed E-state index contributed by atoms with van der Waals surface area (Å²) in [7, 11) is 0. The fourth-order valence-electron chi connectivity index (χ4n) is 2.94. The Kier molecular flexibility index (Phi) is 7.44. The first kappa shape index (κ1) is 16.5. The maximum atomic E-state index is 11.5. The highest BCUT2D eigenvalue weighted by Crippen LogP contribution is 2.29. The van der Waals surface area contributed by atoms with Crippen molar-refractivity contribution in [3.63, 3.8) is 0 Å². The summed E-state index contributed by atoms with van der Waals surface area (Å²) in [5, 5.41) is 0. The first-order chi connectivity index (χ1) is 9.12. The van der Waals surface area contributed by atoms with Gasteiger partial charge in [-0.1, -0.05) is 52.4 Å². The van der Waals surface area contributed by atoms with Crippen molar-refractivity contribution >= 4 is 5.97 Å². The van der Waals surface area contributed by atoms with E-state index in [4.69, 9.17) is 4.74 Å². The van der Waals surface area contributed by atoms with E-state index >= 15 is 0 Å². The molecule has 1 saturated heterocycles. The summed E-state index contributed by atoms with van der Waals surface area (Å²) >= 11 is 0. The van der Waals surface area contributed by atoms with Crippen LogP contribution in [0.4, 0.5) is 0 Å². The van der Waals surface area contributed by atoms with Crippen molar-refractivity contribution < 1.29 is 9.53 Å². The van der Waals surface area contributed by atoms with Gasteiger partial charge in [0, 0.05) is 12.1 Å². The summed E-state index contributed by atoms with van der Waals surface area (Å²) in [6.45, 7) is 8.77. The van der Waals surface area contributed by atoms with Gasteiger partial charge < -0.3 is 4.74 Å². The number of unbranched alkanes of at least 4 members (excludes halogenated alkanes) is 4. The third-order valence-electron chi connectivity index (χ3n) is 4.35. The zero-order valence-electron chi connectivity index (χ0n) is 13.0. The Balaban J connectivity index is 2.54. The van der Waals surface area contributed by atoms with E-state index in [1.165, 1.54) is 51.4 Å². The molecule has 0 amide bonds. The Hall–Kier alpha value is -0.570. The molecule has 1 rings (SSSR count). The van der Waals surface area contributed by atoms with Gasteiger partial charge in [0.2, 0.25) is 0 Å². The van der Waals surface area contributed by atoms with E-state index in [0.717, 1.165) is 6.54 Å². The Morgan fingerprint density at radius 1 is 1.11 bits per heavy atom. The molecule has 0 spiro atoms. The van der Waals surface area contributed by atoms with Crippen LogP contribution in [0.2, 0.25) is 0 Å². The maximum Gasteiger partial charge on any atom is 0.320 e. The number of cyclic esters (lactones) is 1. The molecule has 0 bridgehead atoms. The van der Waals surface area contributed by atoms with Gasteiger partial charge in [-0.3, -0.25) is 9.69 Å². The molecule has 1 aliphatic heterocycles. The predicted molar refractivity (Wildman–Crippen MR) is 79.2 cm³/mol. The van der Waals surface area contributed by atoms with Crippen LogP contribution >= 0.6 is 0 Å². The summed E-state index contributed by atoms with van der Waals surface area (Å²) in [4.78, 5) is 13.9. The lowest BCUT2D eigenvalue weighted by molar-refractivity contribution is -0.154. The van der Waals surface area contributed by atoms with Crippen LogP contribution in [0.3, 0.4) is 0 Å². The molecular weight excluding hydrogens is 238 g/mol. The summed E-state index contributed by atoms with van der Waals surface area (Å²) in [6, 6.07) is 0. The molecule has 1 fully saturated rings. The largest absolute Gasteiger partial charge is 0.463 e. The maximum absolute atomic E-state index is 11.5. The molecule has 0 radical (unpaired) electrons. The molecule has 1 unspecified atom stereocenters. The van der Waals surface area contributed by atoms with E-state index in [0.29, 0.717) is 13.2 Å². The minimum absolute atomic E-state index is 0.0532. The van der Waals surface area contributed by atoms with Crippen molar-refractivity contribution in [2.24, 2.45) is 0 Å². The van der Waals surface area contributed by atoms with Crippen molar-refractivity contribution in [2.75, 3.05) is 19.7 Å². The second-order valence-electron chi connectivity index (χ2n) is 6.05. The zero-order chi connectivity index (χ0) is 14.1. The van der Waals surface area contributed by atoms with Crippen LogP contribution < -0.4 is 0 Å². The molecule has 0 aromatic rings. The monoisotopic (exact) mass is 269 g/mol. The van der Waals surface area contributed by atoms with Gasteiger partial charge in [-0.2, -0.15) is 0 Å². The lowest BCUT2D eigenvalue weighted by Crippen LogP contribution is -2.53. The Morgan fingerprint density at radius 2 is 1.79 bits per heavy atom. The van der Waals surface area contributed by atoms with Gasteiger partial charge >= 0.3 is 5.97 Å². The summed E-state index contributed by atoms with van der Waals surface area (Å²) in [5.41, 5.74) is 0.184. The van der Waals surface area contributed by atoms with E-state index in [-0.39, 0.29) is 11.5 Å². The third-order valence-corrected chi connectivity index (χ3v) is 4.35. The van der Waals surface area contributed by atoms with Crippen molar-refractivity contribution in [3.05, 3.63) is 0 Å². The molecule has 1 aliphatic rings. The standard InChI is InChI=1S/C16H31NO2/c1-4-6-8-9-11-16(3,10-7-5-2)17-12-13-19-15(18)14-17/h4-14H2,1-3H3. The topological polar surface area (TPSA) is 29.5 Å². The van der Waals surface area contributed by atoms with Gasteiger partial charge in [0.05, 0.1) is 6.54 Å². The number of morpholine rings is 1. The Bertz CT molecular complexity index is 267. The Morgan fingerprint density at radius 3 is 2.42 bits per heavy atom. The van der Waals surface area contributed by atoms with Crippen LogP contribution in [0.25, 0.3) is 0 Å². The smallest absolute Gasteiger partial charge is 0.320 e. The molecule has 1 heterocycles. The average Bonchev–Trinajstić information content (AvgIpc) is 2.41. The van der Waals surface area contributed by atoms with Gasteiger partial charge in [0.25, 0.3) is 0 Å². The van der Waals surface area contributed by atoms with Crippen LogP contribution in [0.15, 0.2) is 0 Å². The number of ether oxygens (including phenoxy) is 1. The normalized spacial score (nSPS) is 20.1. The summed E-state index contributed by atoms with van der Waals surface area (Å²) < 4.78 is 5.07. The van der Waals surface area contributed by atoms with Gasteiger partial charge in [-0.05, 0) is 19.8 Å². The van der Waals surface area contributed by atoms with Crippen molar-refractivity contribution in [2.45, 2.75) is 77.7 Å². The highest BCUT2D eigenvalue weighted by atomic mass is 16.5. The number of nitrogens with zero attached hydrogens (tertiary/aromatic N) is 1. The number of hydrogen-bond donors (Lipinski definition) is 0. The lowest BCUT2D eigenvalue weighted by Gasteiger charge is -2.43. The average molecular weight is 269 g/mol. The van der Waals surface area contributed by atoms with Crippen LogP contribution in [-0.2, 0) is 9.53 Å². The minimum atomic E-state index is -0.0532. The summed E-state index contributed by atoms with van der Waals surface area (Å²) in [6.07, 6.45) is 10.1. The molecule has 0 aromatic carbocycles. The van der Waals surface area contributed by atoms with Crippen LogP contribution in [0, 0.1) is 0 Å². The van der Waals surface area contributed by atoms with Gasteiger partial charge in [-0.15, -0.1) is 0 Å². The van der Waals surface area contributed by atoms with E-state index < -0.39 is 0 Å². The molecule has 1 atom stereocenters. The van der Waals surface area contributed by atoms with Crippen LogP contribution in [0.5, 0.6) is 0 Å². The van der Waals surface area contributed by atoms with E-state index in [9.17, 15) is 4.79 Å². The van der Waals surface area contributed by atoms with Gasteiger partial charge in [-0.25, -0.2) is 0 Å². The van der Waals surface area contributed by atoms with Crippen molar-refractivity contribution in [3.8, 4) is 0 Å². The number of hydrogen-bond acceptors (Lipinski definition) is 3. The first-order valence-corrected chi connectivity index (χ1v) is 8.03. The molecule has 3 heteroatoms. The number of rotatable bonds is 9. The molecule has 3 nitrogen and oxygen atoms in total. The number of carbonyl (C=O) groups is 1. The third kappa shape index (κ3) is 5.52. The molecule has 112 valence electrons. The SMILES string of the molecule is CCCCCCC(C)(CCCC)N1CCOC(=O)C1. The quantitative estimate of drug-likeness (QED) is 0.471. The Labute approximate surface area is 118 Å². The van der Waals surface area contributed by atoms with E-state index in [1.54, 1.807) is 0 Å². The molecule has 0 aromatic heterocycles. The van der Waals surface area contributed by atoms with Crippen molar-refractivity contribution in [1.29, 1.82) is 0 Å². The second-order valence-corrected chi connectivity index (χ2v) is 6.05. The predicted octanol–water partition coefficient (Wildman–Crippen LogP) is 3.76. The zero-order valence-corrected chi connectivity index (χ0v) is 13.0. The second kappa shape index (κ2) is 8.57. The summed E-state index contributed by atoms with van der Waals surface area (Å²) in [5.74, 6) is -0.0532. The number of carbonyl (C=O) groups excluding carboxylic acids is 1. The molecular formula is C16H31NO2. The minimum Gasteiger partial charge on any atom is -0.463 e. The van der Waals surface area contributed by atoms with Gasteiger partial charge in [0.1, 0.15) is 6.61 Å². The van der Waals surface area contributed by atoms with E-state index in [1.807, 2.05) is 0 Å². The lowest BCUT2D eigenvalue weighted by atomic mass is 9.86. The highest BCUT2D eigenvalue weighted by Gasteiger charge is 2.34. The van der Waals surface area contributed by atoms with E-state index in [2.05, 4.69) is 25.7 Å². The molecule has 0 aliphatic carbocycles.